The number of nitrogen functional groups attached to an aromatic ring is 2. The Balaban J connectivity index is 3.12. The minimum atomic E-state index is -1.14. The van der Waals surface area contributed by atoms with Gasteiger partial charge in [0.1, 0.15) is 0 Å². The first kappa shape index (κ1) is 10.0. The van der Waals surface area contributed by atoms with Gasteiger partial charge in [-0.2, -0.15) is 0 Å². The summed E-state index contributed by atoms with van der Waals surface area (Å²) in [7, 11) is 0. The highest BCUT2D eigenvalue weighted by Crippen LogP contribution is 2.13. The number of benzene rings is 1. The van der Waals surface area contributed by atoms with Crippen molar-refractivity contribution in [1.82, 2.24) is 5.43 Å². The summed E-state index contributed by atoms with van der Waals surface area (Å²) in [6.07, 6.45) is 0. The van der Waals surface area contributed by atoms with E-state index in [0.29, 0.717) is 0 Å². The van der Waals surface area contributed by atoms with E-state index in [2.05, 4.69) is 0 Å². The summed E-state index contributed by atoms with van der Waals surface area (Å²) in [5, 5.41) is 8.65. The molecule has 1 aromatic rings. The normalized spacial score (nSPS) is 9.50. The Labute approximate surface area is 79.5 Å². The molecule has 0 aliphatic heterocycles. The molecule has 6 N–H and O–H groups in total. The molecule has 0 aliphatic rings. The molecule has 0 heterocycles. The first-order valence-corrected chi connectivity index (χ1v) is 3.70. The lowest BCUT2D eigenvalue weighted by molar-refractivity contribution is 0.0697. The van der Waals surface area contributed by atoms with Crippen molar-refractivity contribution in [3.63, 3.8) is 0 Å². The van der Waals surface area contributed by atoms with Crippen molar-refractivity contribution in [2.24, 2.45) is 5.84 Å². The highest BCUT2D eigenvalue weighted by Gasteiger charge is 2.10. The molecule has 0 spiro atoms. The average Bonchev–Trinajstić information content (AvgIpc) is 2.15. The Hall–Kier alpha value is -2.08. The molecule has 1 aromatic carbocycles. The number of carbonyl (C=O) groups excluding carboxylic acids is 1. The van der Waals surface area contributed by atoms with Gasteiger partial charge in [-0.05, 0) is 18.2 Å². The SMILES string of the molecule is NNC(=O)c1ccc(C(=O)O)c(N)c1. The second-order valence-electron chi connectivity index (χ2n) is 2.58. The van der Waals surface area contributed by atoms with Crippen molar-refractivity contribution in [1.29, 1.82) is 0 Å². The fourth-order valence-electron chi connectivity index (χ4n) is 0.982. The zero-order valence-corrected chi connectivity index (χ0v) is 7.15. The number of anilines is 1. The van der Waals surface area contributed by atoms with Crippen LogP contribution in [0.5, 0.6) is 0 Å². The van der Waals surface area contributed by atoms with Crippen molar-refractivity contribution in [2.45, 2.75) is 0 Å². The maximum absolute atomic E-state index is 11.0. The van der Waals surface area contributed by atoms with Gasteiger partial charge < -0.3 is 10.8 Å². The van der Waals surface area contributed by atoms with Crippen LogP contribution in [0.25, 0.3) is 0 Å². The topological polar surface area (TPSA) is 118 Å². The zero-order valence-electron chi connectivity index (χ0n) is 7.15. The van der Waals surface area contributed by atoms with Crippen molar-refractivity contribution in [2.75, 3.05) is 5.73 Å². The molecule has 0 aliphatic carbocycles. The molecule has 0 aromatic heterocycles. The highest BCUT2D eigenvalue weighted by atomic mass is 16.4. The molecular weight excluding hydrogens is 186 g/mol. The number of carbonyl (C=O) groups is 2. The van der Waals surface area contributed by atoms with Gasteiger partial charge in [0.25, 0.3) is 5.91 Å². The van der Waals surface area contributed by atoms with Crippen LogP contribution in [0, 0.1) is 0 Å². The van der Waals surface area contributed by atoms with Crippen LogP contribution in [0.1, 0.15) is 20.7 Å². The lowest BCUT2D eigenvalue weighted by Crippen LogP contribution is -2.30. The fourth-order valence-corrected chi connectivity index (χ4v) is 0.982. The Bertz CT molecular complexity index is 389. The third-order valence-electron chi connectivity index (χ3n) is 1.68. The maximum atomic E-state index is 11.0. The van der Waals surface area contributed by atoms with Gasteiger partial charge in [-0.3, -0.25) is 10.2 Å². The Kier molecular flexibility index (Phi) is 2.68. The van der Waals surface area contributed by atoms with Crippen LogP contribution in [0.15, 0.2) is 18.2 Å². The van der Waals surface area contributed by atoms with Crippen LogP contribution < -0.4 is 17.0 Å². The van der Waals surface area contributed by atoms with E-state index >= 15 is 0 Å². The molecule has 6 heteroatoms. The largest absolute Gasteiger partial charge is 0.478 e. The summed E-state index contributed by atoms with van der Waals surface area (Å²) in [6, 6.07) is 3.84. The third kappa shape index (κ3) is 1.80. The molecule has 0 unspecified atom stereocenters. The molecule has 0 radical (unpaired) electrons. The summed E-state index contributed by atoms with van der Waals surface area (Å²) < 4.78 is 0. The van der Waals surface area contributed by atoms with E-state index in [0.717, 1.165) is 0 Å². The first-order chi connectivity index (χ1) is 6.56. The number of rotatable bonds is 2. The van der Waals surface area contributed by atoms with E-state index in [1.54, 1.807) is 0 Å². The van der Waals surface area contributed by atoms with Gasteiger partial charge in [-0.1, -0.05) is 0 Å². The van der Waals surface area contributed by atoms with Gasteiger partial charge in [0.15, 0.2) is 0 Å². The van der Waals surface area contributed by atoms with Crippen LogP contribution >= 0.6 is 0 Å². The van der Waals surface area contributed by atoms with Gasteiger partial charge in [0.05, 0.1) is 5.56 Å². The standard InChI is InChI=1S/C8H9N3O3/c9-6-3-4(7(12)11-10)1-2-5(6)8(13)14/h1-3H,9-10H2,(H,11,12)(H,13,14). The lowest BCUT2D eigenvalue weighted by atomic mass is 10.1. The maximum Gasteiger partial charge on any atom is 0.337 e. The van der Waals surface area contributed by atoms with Crippen molar-refractivity contribution < 1.29 is 14.7 Å². The highest BCUT2D eigenvalue weighted by molar-refractivity contribution is 5.99. The second-order valence-corrected chi connectivity index (χ2v) is 2.58. The lowest BCUT2D eigenvalue weighted by Gasteiger charge is -2.03. The number of hydrazine groups is 1. The zero-order chi connectivity index (χ0) is 10.7. The number of hydrogen-bond donors (Lipinski definition) is 4. The second kappa shape index (κ2) is 3.75. The summed E-state index contributed by atoms with van der Waals surface area (Å²) in [5.74, 6) is 3.24. The number of aromatic carboxylic acids is 1. The van der Waals surface area contributed by atoms with Gasteiger partial charge in [-0.25, -0.2) is 10.6 Å². The Morgan fingerprint density at radius 3 is 2.43 bits per heavy atom. The summed E-state index contributed by atoms with van der Waals surface area (Å²) in [4.78, 5) is 21.6. The minimum absolute atomic E-state index is 0.0265. The van der Waals surface area contributed by atoms with Crippen molar-refractivity contribution >= 4 is 17.6 Å². The monoisotopic (exact) mass is 195 g/mol. The predicted octanol–water partition coefficient (Wildman–Crippen LogP) is -0.429. The van der Waals surface area contributed by atoms with Gasteiger partial charge in [0.2, 0.25) is 0 Å². The average molecular weight is 195 g/mol. The molecule has 6 nitrogen and oxygen atoms in total. The molecule has 1 amide bonds. The number of carboxylic acid groups (broad SMARTS) is 1. The van der Waals surface area contributed by atoms with Crippen LogP contribution in [0.4, 0.5) is 5.69 Å². The number of carboxylic acids is 1. The molecule has 0 saturated heterocycles. The molecule has 0 saturated carbocycles. The van der Waals surface area contributed by atoms with Crippen LogP contribution in [-0.2, 0) is 0 Å². The molecule has 14 heavy (non-hydrogen) atoms. The van der Waals surface area contributed by atoms with Gasteiger partial charge >= 0.3 is 5.97 Å². The summed E-state index contributed by atoms with van der Waals surface area (Å²) in [5.41, 5.74) is 7.53. The van der Waals surface area contributed by atoms with E-state index in [1.165, 1.54) is 18.2 Å². The predicted molar refractivity (Wildman–Crippen MR) is 49.5 cm³/mol. The third-order valence-corrected chi connectivity index (χ3v) is 1.68. The summed E-state index contributed by atoms with van der Waals surface area (Å²) >= 11 is 0. The van der Waals surface area contributed by atoms with Crippen LogP contribution in [-0.4, -0.2) is 17.0 Å². The fraction of sp³-hybridized carbons (Fsp3) is 0. The van der Waals surface area contributed by atoms with E-state index in [4.69, 9.17) is 16.7 Å². The Morgan fingerprint density at radius 1 is 1.36 bits per heavy atom. The van der Waals surface area contributed by atoms with E-state index in [1.807, 2.05) is 5.43 Å². The molecule has 0 fully saturated rings. The van der Waals surface area contributed by atoms with E-state index in [-0.39, 0.29) is 16.8 Å². The van der Waals surface area contributed by atoms with Crippen molar-refractivity contribution in [3.05, 3.63) is 29.3 Å². The van der Waals surface area contributed by atoms with Gasteiger partial charge in [0, 0.05) is 11.3 Å². The molecule has 1 rings (SSSR count). The summed E-state index contributed by atoms with van der Waals surface area (Å²) in [6.45, 7) is 0. The van der Waals surface area contributed by atoms with Gasteiger partial charge in [-0.15, -0.1) is 0 Å². The van der Waals surface area contributed by atoms with Crippen LogP contribution in [0.2, 0.25) is 0 Å². The first-order valence-electron chi connectivity index (χ1n) is 3.70. The molecule has 0 bridgehead atoms. The number of hydrogen-bond acceptors (Lipinski definition) is 4. The van der Waals surface area contributed by atoms with Crippen LogP contribution in [0.3, 0.4) is 0 Å². The quantitative estimate of drug-likeness (QED) is 0.221. The number of nitrogens with one attached hydrogen (secondary N) is 1. The number of amides is 1. The molecule has 74 valence electrons. The molecular formula is C8H9N3O3. The minimum Gasteiger partial charge on any atom is -0.478 e. The van der Waals surface area contributed by atoms with E-state index in [9.17, 15) is 9.59 Å². The Morgan fingerprint density at radius 2 is 2.00 bits per heavy atom. The number of nitrogens with two attached hydrogens (primary N) is 2. The van der Waals surface area contributed by atoms with E-state index < -0.39 is 11.9 Å². The van der Waals surface area contributed by atoms with Crippen molar-refractivity contribution in [3.8, 4) is 0 Å². The smallest absolute Gasteiger partial charge is 0.337 e. The molecule has 0 atom stereocenters.